The number of carbonyl (C=O) groups is 1. The van der Waals surface area contributed by atoms with Gasteiger partial charge in [-0.3, -0.25) is 4.79 Å². The zero-order valence-corrected chi connectivity index (χ0v) is 21.8. The van der Waals surface area contributed by atoms with E-state index in [1.54, 1.807) is 18.3 Å². The summed E-state index contributed by atoms with van der Waals surface area (Å²) in [5.74, 6) is -0.0750. The molecule has 1 aliphatic heterocycles. The van der Waals surface area contributed by atoms with Crippen LogP contribution in [0.5, 0.6) is 5.88 Å². The Morgan fingerprint density at radius 1 is 1.02 bits per heavy atom. The van der Waals surface area contributed by atoms with E-state index in [9.17, 15) is 31.1 Å². The number of ether oxygens (including phenoxy) is 2. The summed E-state index contributed by atoms with van der Waals surface area (Å²) in [6.45, 7) is -0.0289. The van der Waals surface area contributed by atoms with Crippen LogP contribution in [0.15, 0.2) is 60.9 Å². The van der Waals surface area contributed by atoms with Crippen LogP contribution in [-0.2, 0) is 16.9 Å². The molecule has 0 aliphatic carbocycles. The number of aromatic nitrogens is 2. The van der Waals surface area contributed by atoms with Gasteiger partial charge in [-0.15, -0.1) is 0 Å². The number of anilines is 2. The Morgan fingerprint density at radius 3 is 2.39 bits per heavy atom. The number of halogens is 6. The van der Waals surface area contributed by atoms with Crippen LogP contribution in [0.25, 0.3) is 0 Å². The van der Waals surface area contributed by atoms with E-state index in [2.05, 4.69) is 30.7 Å². The van der Waals surface area contributed by atoms with Crippen LogP contribution in [0.2, 0.25) is 0 Å². The van der Waals surface area contributed by atoms with Crippen molar-refractivity contribution in [2.75, 3.05) is 30.9 Å². The van der Waals surface area contributed by atoms with Crippen molar-refractivity contribution in [1.29, 1.82) is 0 Å². The molecule has 0 unspecified atom stereocenters. The highest BCUT2D eigenvalue weighted by Gasteiger charge is 2.73. The van der Waals surface area contributed by atoms with Crippen molar-refractivity contribution in [2.24, 2.45) is 0 Å². The van der Waals surface area contributed by atoms with Gasteiger partial charge < -0.3 is 25.4 Å². The molecule has 0 saturated carbocycles. The molecule has 3 N–H and O–H groups in total. The maximum absolute atomic E-state index is 14.1. The summed E-state index contributed by atoms with van der Waals surface area (Å²) >= 11 is 0. The van der Waals surface area contributed by atoms with Crippen molar-refractivity contribution in [2.45, 2.75) is 43.4 Å². The Morgan fingerprint density at radius 2 is 1.76 bits per heavy atom. The van der Waals surface area contributed by atoms with Crippen molar-refractivity contribution in [3.8, 4) is 5.88 Å². The third-order valence-corrected chi connectivity index (χ3v) is 6.53. The van der Waals surface area contributed by atoms with Crippen LogP contribution in [0.1, 0.15) is 34.3 Å². The number of benzene rings is 1. The lowest BCUT2D eigenvalue weighted by molar-refractivity contribution is -0.390. The van der Waals surface area contributed by atoms with E-state index in [-0.39, 0.29) is 23.6 Å². The van der Waals surface area contributed by atoms with Gasteiger partial charge in [0, 0.05) is 42.3 Å². The van der Waals surface area contributed by atoms with Gasteiger partial charge in [0.2, 0.25) is 5.88 Å². The van der Waals surface area contributed by atoms with E-state index in [4.69, 9.17) is 4.74 Å². The summed E-state index contributed by atoms with van der Waals surface area (Å²) < 4.78 is 94.3. The lowest BCUT2D eigenvalue weighted by Gasteiger charge is -2.38. The molecule has 8 nitrogen and oxygen atoms in total. The summed E-state index contributed by atoms with van der Waals surface area (Å²) in [6, 6.07) is 9.00. The highest BCUT2D eigenvalue weighted by molar-refractivity contribution is 6.07. The van der Waals surface area contributed by atoms with E-state index in [1.165, 1.54) is 25.4 Å². The molecule has 1 amide bonds. The molecular weight excluding hydrogens is 556 g/mol. The first-order chi connectivity index (χ1) is 19.4. The second-order valence-corrected chi connectivity index (χ2v) is 9.27. The number of carbonyl (C=O) groups excluding carboxylic acids is 1. The molecule has 14 heteroatoms. The minimum absolute atomic E-state index is 0.0249. The van der Waals surface area contributed by atoms with Crippen LogP contribution in [0.3, 0.4) is 0 Å². The molecule has 4 rings (SSSR count). The van der Waals surface area contributed by atoms with Gasteiger partial charge in [0.25, 0.3) is 11.5 Å². The number of rotatable bonds is 10. The topological polar surface area (TPSA) is 97.4 Å². The summed E-state index contributed by atoms with van der Waals surface area (Å²) in [4.78, 5) is 21.2. The molecule has 0 spiro atoms. The predicted molar refractivity (Wildman–Crippen MR) is 138 cm³/mol. The Balaban J connectivity index is 1.52. The smallest absolute Gasteiger partial charge is 0.430 e. The molecule has 220 valence electrons. The van der Waals surface area contributed by atoms with Gasteiger partial charge in [0.05, 0.1) is 19.3 Å². The van der Waals surface area contributed by atoms with Crippen molar-refractivity contribution in [3.63, 3.8) is 0 Å². The monoisotopic (exact) mass is 583 g/mol. The van der Waals surface area contributed by atoms with Crippen LogP contribution in [-0.4, -0.2) is 54.5 Å². The molecule has 1 saturated heterocycles. The summed E-state index contributed by atoms with van der Waals surface area (Å²) in [5, 5.41) is 8.34. The number of hydrogen-bond acceptors (Lipinski definition) is 7. The van der Waals surface area contributed by atoms with Gasteiger partial charge in [0.1, 0.15) is 5.82 Å². The van der Waals surface area contributed by atoms with Crippen molar-refractivity contribution in [1.82, 2.24) is 15.3 Å². The summed E-state index contributed by atoms with van der Waals surface area (Å²) in [5.41, 5.74) is -4.82. The van der Waals surface area contributed by atoms with Crippen molar-refractivity contribution < 1.29 is 40.6 Å². The van der Waals surface area contributed by atoms with Crippen molar-refractivity contribution >= 4 is 17.4 Å². The molecule has 3 aromatic rings. The maximum atomic E-state index is 14.1. The minimum atomic E-state index is -5.80. The Kier molecular flexibility index (Phi) is 9.02. The normalized spacial score (nSPS) is 15.9. The summed E-state index contributed by atoms with van der Waals surface area (Å²) in [6.07, 6.45) is -7.57. The standard InChI is InChI=1S/C27H27F6N5O3/c1-40-22-14-17(10-13-35-22)15-37-23-21(5-3-12-36-23)24(39)38-19-8-6-18(7-9-19)25(26(28,29)30,27(31,32)33)41-16-20-4-2-11-34-20/h3,5-10,12-14,20,34H,2,4,11,15-16H2,1H3,(H,36,37)(H,38,39)/t20-/m0/s1. The fraction of sp³-hybridized carbons (Fsp3) is 0.370. The SMILES string of the molecule is COc1cc(CNc2ncccc2C(=O)Nc2ccc(C(OC[C@@H]3CCCN3)(C(F)(F)F)C(F)(F)F)cc2)ccn1. The number of nitrogens with one attached hydrogen (secondary N) is 3. The van der Waals surface area contributed by atoms with E-state index < -0.39 is 42.1 Å². The summed E-state index contributed by atoms with van der Waals surface area (Å²) in [7, 11) is 1.47. The number of methoxy groups -OCH3 is 1. The fourth-order valence-electron chi connectivity index (χ4n) is 4.43. The van der Waals surface area contributed by atoms with Crippen LogP contribution >= 0.6 is 0 Å². The minimum Gasteiger partial charge on any atom is -0.481 e. The molecule has 41 heavy (non-hydrogen) atoms. The zero-order valence-electron chi connectivity index (χ0n) is 21.8. The quantitative estimate of drug-likeness (QED) is 0.274. The first kappa shape index (κ1) is 30.1. The predicted octanol–water partition coefficient (Wildman–Crippen LogP) is 5.44. The number of amides is 1. The third-order valence-electron chi connectivity index (χ3n) is 6.53. The third kappa shape index (κ3) is 6.70. The molecule has 0 radical (unpaired) electrons. The number of alkyl halides is 6. The first-order valence-corrected chi connectivity index (χ1v) is 12.5. The number of pyridine rings is 2. The molecule has 2 aromatic heterocycles. The Hall–Kier alpha value is -3.91. The van der Waals surface area contributed by atoms with E-state index in [0.717, 1.165) is 17.7 Å². The molecule has 1 aromatic carbocycles. The van der Waals surface area contributed by atoms with E-state index in [1.807, 2.05) is 0 Å². The van der Waals surface area contributed by atoms with Crippen molar-refractivity contribution in [3.05, 3.63) is 77.6 Å². The second kappa shape index (κ2) is 12.3. The Labute approximate surface area is 231 Å². The molecular formula is C27H27F6N5O3. The van der Waals surface area contributed by atoms with Crippen LogP contribution in [0.4, 0.5) is 37.8 Å². The second-order valence-electron chi connectivity index (χ2n) is 9.27. The van der Waals surface area contributed by atoms with Crippen LogP contribution in [0, 0.1) is 0 Å². The van der Waals surface area contributed by atoms with E-state index in [0.29, 0.717) is 37.4 Å². The van der Waals surface area contributed by atoms with Gasteiger partial charge in [-0.2, -0.15) is 26.3 Å². The van der Waals surface area contributed by atoms with Gasteiger partial charge >= 0.3 is 12.4 Å². The fourth-order valence-corrected chi connectivity index (χ4v) is 4.43. The average Bonchev–Trinajstić information content (AvgIpc) is 3.45. The van der Waals surface area contributed by atoms with Gasteiger partial charge in [-0.05, 0) is 55.3 Å². The largest absolute Gasteiger partial charge is 0.481 e. The average molecular weight is 584 g/mol. The number of nitrogens with zero attached hydrogens (tertiary/aromatic N) is 2. The van der Waals surface area contributed by atoms with Crippen LogP contribution < -0.4 is 20.7 Å². The highest BCUT2D eigenvalue weighted by Crippen LogP contribution is 2.53. The first-order valence-electron chi connectivity index (χ1n) is 12.5. The van der Waals surface area contributed by atoms with Gasteiger partial charge in [-0.25, -0.2) is 9.97 Å². The highest BCUT2D eigenvalue weighted by atomic mass is 19.4. The number of hydrogen-bond donors (Lipinski definition) is 3. The van der Waals surface area contributed by atoms with E-state index >= 15 is 0 Å². The zero-order chi connectivity index (χ0) is 29.7. The molecule has 1 aliphatic rings. The molecule has 1 atom stereocenters. The molecule has 3 heterocycles. The van der Waals surface area contributed by atoms with Gasteiger partial charge in [0.15, 0.2) is 0 Å². The lowest BCUT2D eigenvalue weighted by Crippen LogP contribution is -2.57. The van der Waals surface area contributed by atoms with Gasteiger partial charge in [-0.1, -0.05) is 12.1 Å². The molecule has 0 bridgehead atoms. The molecule has 1 fully saturated rings. The maximum Gasteiger partial charge on any atom is 0.430 e. The Bertz CT molecular complexity index is 1310. The lowest BCUT2D eigenvalue weighted by atomic mass is 9.91.